The molecule has 1 aliphatic rings. The molecule has 0 aromatic carbocycles. The molecular weight excluding hydrogens is 282 g/mol. The van der Waals surface area contributed by atoms with Crippen molar-refractivity contribution in [3.8, 4) is 6.07 Å². The predicted molar refractivity (Wildman–Crippen MR) is 77.0 cm³/mol. The molecule has 0 bridgehead atoms. The van der Waals surface area contributed by atoms with Crippen LogP contribution in [0.2, 0.25) is 0 Å². The van der Waals surface area contributed by atoms with Gasteiger partial charge in [0.15, 0.2) is 9.84 Å². The molecule has 102 valence electrons. The summed E-state index contributed by atoms with van der Waals surface area (Å²) in [6.07, 6.45) is 1.25. The van der Waals surface area contributed by atoms with Crippen molar-refractivity contribution in [2.75, 3.05) is 29.2 Å². The lowest BCUT2D eigenvalue weighted by Crippen LogP contribution is -2.47. The minimum Gasteiger partial charge on any atom is -0.338 e. The summed E-state index contributed by atoms with van der Waals surface area (Å²) >= 11 is 1.63. The number of hydrogen-bond donors (Lipinski definition) is 0. The first-order valence-corrected chi connectivity index (χ1v) is 8.95. The van der Waals surface area contributed by atoms with Crippen molar-refractivity contribution in [1.82, 2.24) is 4.98 Å². The fourth-order valence-electron chi connectivity index (χ4n) is 2.06. The zero-order chi connectivity index (χ0) is 14.0. The Labute approximate surface area is 117 Å². The van der Waals surface area contributed by atoms with Crippen LogP contribution < -0.4 is 4.90 Å². The number of nitriles is 1. The monoisotopic (exact) mass is 297 g/mol. The first-order chi connectivity index (χ1) is 8.91. The van der Waals surface area contributed by atoms with E-state index in [1.165, 1.54) is 6.26 Å². The maximum absolute atomic E-state index is 11.9. The van der Waals surface area contributed by atoms with E-state index in [2.05, 4.69) is 11.1 Å². The molecule has 1 fully saturated rings. The van der Waals surface area contributed by atoms with Gasteiger partial charge in [0, 0.05) is 30.0 Å². The Hall–Kier alpha value is -1.26. The van der Waals surface area contributed by atoms with Crippen LogP contribution >= 0.6 is 11.8 Å². The van der Waals surface area contributed by atoms with Crippen LogP contribution in [0.15, 0.2) is 12.1 Å². The van der Waals surface area contributed by atoms with Crippen LogP contribution in [0.5, 0.6) is 0 Å². The van der Waals surface area contributed by atoms with Gasteiger partial charge in [-0.15, -0.1) is 0 Å². The number of nitrogens with zero attached hydrogens (tertiary/aromatic N) is 3. The Morgan fingerprint density at radius 1 is 1.53 bits per heavy atom. The molecule has 0 N–H and O–H groups in total. The third kappa shape index (κ3) is 3.19. The van der Waals surface area contributed by atoms with Gasteiger partial charge in [-0.25, -0.2) is 13.4 Å². The molecule has 1 aromatic rings. The Kier molecular flexibility index (Phi) is 4.02. The summed E-state index contributed by atoms with van der Waals surface area (Å²) in [5.74, 6) is 1.98. The second kappa shape index (κ2) is 5.39. The van der Waals surface area contributed by atoms with E-state index in [1.807, 2.05) is 0 Å². The zero-order valence-electron chi connectivity index (χ0n) is 10.8. The topological polar surface area (TPSA) is 74.1 Å². The summed E-state index contributed by atoms with van der Waals surface area (Å²) in [7, 11) is -3.17. The third-order valence-electron chi connectivity index (χ3n) is 2.94. The fraction of sp³-hybridized carbons (Fsp3) is 0.500. The fourth-order valence-corrected chi connectivity index (χ4v) is 4.89. The number of rotatable bonds is 2. The average Bonchev–Trinajstić information content (AvgIpc) is 2.37. The molecule has 0 radical (unpaired) electrons. The zero-order valence-corrected chi connectivity index (χ0v) is 12.5. The lowest BCUT2D eigenvalue weighted by atomic mass is 10.2. The van der Waals surface area contributed by atoms with E-state index in [0.29, 0.717) is 23.7 Å². The maximum atomic E-state index is 11.9. The van der Waals surface area contributed by atoms with E-state index < -0.39 is 15.2 Å². The highest BCUT2D eigenvalue weighted by Gasteiger charge is 2.32. The van der Waals surface area contributed by atoms with Crippen molar-refractivity contribution >= 4 is 27.4 Å². The number of anilines is 1. The second-order valence-corrected chi connectivity index (χ2v) is 7.87. The second-order valence-electron chi connectivity index (χ2n) is 4.52. The molecule has 0 saturated carbocycles. The molecule has 0 aliphatic carbocycles. The lowest BCUT2D eigenvalue weighted by molar-refractivity contribution is 0.583. The minimum atomic E-state index is -3.17. The van der Waals surface area contributed by atoms with Gasteiger partial charge in [0.1, 0.15) is 11.2 Å². The Morgan fingerprint density at radius 3 is 2.89 bits per heavy atom. The number of thioether (sulfide) groups is 1. The minimum absolute atomic E-state index is 0.507. The molecular formula is C12H15N3O2S2. The number of sulfone groups is 1. The largest absolute Gasteiger partial charge is 0.338 e. The first kappa shape index (κ1) is 14.2. The number of aromatic nitrogens is 1. The summed E-state index contributed by atoms with van der Waals surface area (Å²) in [6.45, 7) is 2.43. The van der Waals surface area contributed by atoms with Crippen LogP contribution in [0, 0.1) is 18.3 Å². The number of pyridine rings is 1. The average molecular weight is 297 g/mol. The molecule has 2 heterocycles. The van der Waals surface area contributed by atoms with E-state index in [9.17, 15) is 8.42 Å². The molecule has 0 spiro atoms. The Balaban J connectivity index is 2.44. The molecule has 2 rings (SSSR count). The van der Waals surface area contributed by atoms with Gasteiger partial charge in [0.25, 0.3) is 0 Å². The standard InChI is InChI=1S/C12H15N3O2S2/c1-9-5-10(7-13)6-11(14-9)15-3-4-18-8-12(15)19(2,16)17/h5-6,12H,3-4,8H2,1-2H3. The Morgan fingerprint density at radius 2 is 2.26 bits per heavy atom. The van der Waals surface area contributed by atoms with Gasteiger partial charge < -0.3 is 4.90 Å². The van der Waals surface area contributed by atoms with Crippen molar-refractivity contribution in [3.05, 3.63) is 23.4 Å². The predicted octanol–water partition coefficient (Wildman–Crippen LogP) is 1.19. The van der Waals surface area contributed by atoms with Gasteiger partial charge in [-0.3, -0.25) is 0 Å². The highest BCUT2D eigenvalue weighted by molar-refractivity contribution is 8.01. The molecule has 5 nitrogen and oxygen atoms in total. The van der Waals surface area contributed by atoms with Crippen molar-refractivity contribution in [2.45, 2.75) is 12.3 Å². The van der Waals surface area contributed by atoms with Gasteiger partial charge in [-0.1, -0.05) is 0 Å². The van der Waals surface area contributed by atoms with E-state index >= 15 is 0 Å². The van der Waals surface area contributed by atoms with Crippen LogP contribution in [0.4, 0.5) is 5.82 Å². The van der Waals surface area contributed by atoms with Crippen molar-refractivity contribution in [1.29, 1.82) is 5.26 Å². The van der Waals surface area contributed by atoms with Crippen molar-refractivity contribution in [2.24, 2.45) is 0 Å². The molecule has 1 aliphatic heterocycles. The molecule has 0 amide bonds. The van der Waals surface area contributed by atoms with Crippen LogP contribution in [0.1, 0.15) is 11.3 Å². The highest BCUT2D eigenvalue weighted by atomic mass is 32.2. The number of aryl methyl sites for hydroxylation is 1. The molecule has 1 saturated heterocycles. The summed E-state index contributed by atoms with van der Waals surface area (Å²) in [4.78, 5) is 6.16. The number of hydrogen-bond acceptors (Lipinski definition) is 6. The quantitative estimate of drug-likeness (QED) is 0.816. The normalized spacial score (nSPS) is 20.1. The maximum Gasteiger partial charge on any atom is 0.169 e. The summed E-state index contributed by atoms with van der Waals surface area (Å²) in [6, 6.07) is 5.43. The molecule has 1 aromatic heterocycles. The van der Waals surface area contributed by atoms with Crippen molar-refractivity contribution in [3.63, 3.8) is 0 Å². The van der Waals surface area contributed by atoms with E-state index in [4.69, 9.17) is 5.26 Å². The molecule has 1 atom stereocenters. The van der Waals surface area contributed by atoms with E-state index in [-0.39, 0.29) is 0 Å². The SMILES string of the molecule is Cc1cc(C#N)cc(N2CCSCC2S(C)(=O)=O)n1. The third-order valence-corrected chi connectivity index (χ3v) is 5.59. The summed E-state index contributed by atoms with van der Waals surface area (Å²) in [5, 5.41) is 8.43. The van der Waals surface area contributed by atoms with Gasteiger partial charge in [-0.2, -0.15) is 17.0 Å². The highest BCUT2D eigenvalue weighted by Crippen LogP contribution is 2.26. The summed E-state index contributed by atoms with van der Waals surface area (Å²) < 4.78 is 23.7. The lowest BCUT2D eigenvalue weighted by Gasteiger charge is -2.35. The van der Waals surface area contributed by atoms with E-state index in [0.717, 1.165) is 11.4 Å². The summed E-state index contributed by atoms with van der Waals surface area (Å²) in [5.41, 5.74) is 1.23. The van der Waals surface area contributed by atoms with Crippen LogP contribution in [0.25, 0.3) is 0 Å². The van der Waals surface area contributed by atoms with Crippen molar-refractivity contribution < 1.29 is 8.42 Å². The van der Waals surface area contributed by atoms with Gasteiger partial charge >= 0.3 is 0 Å². The van der Waals surface area contributed by atoms with Crippen LogP contribution in [-0.2, 0) is 9.84 Å². The van der Waals surface area contributed by atoms with Gasteiger partial charge in [0.2, 0.25) is 0 Å². The Bertz CT molecular complexity index is 622. The van der Waals surface area contributed by atoms with E-state index in [1.54, 1.807) is 35.7 Å². The smallest absolute Gasteiger partial charge is 0.169 e. The van der Waals surface area contributed by atoms with Gasteiger partial charge in [0.05, 0.1) is 11.6 Å². The molecule has 7 heteroatoms. The molecule has 1 unspecified atom stereocenters. The van der Waals surface area contributed by atoms with Crippen LogP contribution in [-0.4, -0.2) is 43.1 Å². The first-order valence-electron chi connectivity index (χ1n) is 5.84. The molecule has 19 heavy (non-hydrogen) atoms. The van der Waals surface area contributed by atoms with Gasteiger partial charge in [-0.05, 0) is 19.1 Å². The van der Waals surface area contributed by atoms with Crippen LogP contribution in [0.3, 0.4) is 0 Å².